The third kappa shape index (κ3) is 4.23. The van der Waals surface area contributed by atoms with Crippen LogP contribution in [0.25, 0.3) is 0 Å². The van der Waals surface area contributed by atoms with Crippen molar-refractivity contribution in [3.05, 3.63) is 40.1 Å². The fraction of sp³-hybridized carbons (Fsp3) is 0.500. The first-order valence-corrected chi connectivity index (χ1v) is 8.74. The molecule has 0 aliphatic rings. The zero-order chi connectivity index (χ0) is 16.1. The van der Waals surface area contributed by atoms with E-state index in [1.807, 2.05) is 24.3 Å². The lowest BCUT2D eigenvalue weighted by molar-refractivity contribution is 0.415. The summed E-state index contributed by atoms with van der Waals surface area (Å²) in [6, 6.07) is 8.37. The number of aromatic nitrogens is 1. The van der Waals surface area contributed by atoms with E-state index in [0.29, 0.717) is 6.04 Å². The first-order chi connectivity index (χ1) is 10.5. The molecular formula is C18H26N2OS. The molecule has 1 heterocycles. The second-order valence-electron chi connectivity index (χ2n) is 6.16. The largest absolute Gasteiger partial charge is 0.497 e. The second kappa shape index (κ2) is 7.63. The maximum absolute atomic E-state index is 5.20. The van der Waals surface area contributed by atoms with Crippen LogP contribution in [-0.2, 0) is 0 Å². The Morgan fingerprint density at radius 3 is 2.41 bits per heavy atom. The van der Waals surface area contributed by atoms with Crippen LogP contribution in [0.2, 0.25) is 0 Å². The van der Waals surface area contributed by atoms with Crippen molar-refractivity contribution in [2.75, 3.05) is 7.11 Å². The van der Waals surface area contributed by atoms with Gasteiger partial charge in [-0.2, -0.15) is 0 Å². The molecule has 0 N–H and O–H groups in total. The summed E-state index contributed by atoms with van der Waals surface area (Å²) in [5, 5.41) is 2.19. The van der Waals surface area contributed by atoms with Gasteiger partial charge in [-0.05, 0) is 56.9 Å². The Morgan fingerprint density at radius 2 is 1.82 bits per heavy atom. The maximum Gasteiger partial charge on any atom is 0.190 e. The summed E-state index contributed by atoms with van der Waals surface area (Å²) in [5.41, 5.74) is 2.25. The monoisotopic (exact) mass is 318 g/mol. The van der Waals surface area contributed by atoms with Crippen LogP contribution in [0.3, 0.4) is 0 Å². The number of ether oxygens (including phenoxy) is 1. The normalized spacial score (nSPS) is 13.6. The molecule has 0 saturated heterocycles. The van der Waals surface area contributed by atoms with E-state index < -0.39 is 0 Å². The van der Waals surface area contributed by atoms with Crippen molar-refractivity contribution < 1.29 is 4.74 Å². The van der Waals surface area contributed by atoms with Crippen LogP contribution >= 0.6 is 11.3 Å². The number of hydrogen-bond acceptors (Lipinski definition) is 3. The molecule has 2 aromatic rings. The summed E-state index contributed by atoms with van der Waals surface area (Å²) in [4.78, 5) is 5.88. The first kappa shape index (κ1) is 16.8. The lowest BCUT2D eigenvalue weighted by Gasteiger charge is -2.17. The van der Waals surface area contributed by atoms with Gasteiger partial charge < -0.3 is 9.30 Å². The molecule has 0 amide bonds. The Labute approximate surface area is 137 Å². The Hall–Kier alpha value is -1.55. The molecule has 1 atom stereocenters. The third-order valence-electron chi connectivity index (χ3n) is 3.82. The van der Waals surface area contributed by atoms with Crippen LogP contribution in [0.4, 0.5) is 5.69 Å². The third-order valence-corrected chi connectivity index (χ3v) is 4.78. The molecule has 1 unspecified atom stereocenters. The minimum atomic E-state index is 0.477. The predicted octanol–water partition coefficient (Wildman–Crippen LogP) is 5.10. The summed E-state index contributed by atoms with van der Waals surface area (Å²) in [6.45, 7) is 9.01. The Balaban J connectivity index is 2.29. The van der Waals surface area contributed by atoms with Crippen molar-refractivity contribution in [1.82, 2.24) is 4.57 Å². The van der Waals surface area contributed by atoms with Crippen LogP contribution in [0, 0.1) is 12.8 Å². The fourth-order valence-electron chi connectivity index (χ4n) is 2.49. The van der Waals surface area contributed by atoms with Gasteiger partial charge >= 0.3 is 0 Å². The molecular weight excluding hydrogens is 292 g/mol. The molecule has 0 radical (unpaired) electrons. The number of hydrogen-bond donors (Lipinski definition) is 0. The van der Waals surface area contributed by atoms with Gasteiger partial charge in [-0.15, -0.1) is 11.3 Å². The first-order valence-electron chi connectivity index (χ1n) is 7.86. The Kier molecular flexibility index (Phi) is 5.83. The van der Waals surface area contributed by atoms with Crippen molar-refractivity contribution >= 4 is 17.0 Å². The van der Waals surface area contributed by atoms with Gasteiger partial charge in [0.15, 0.2) is 4.80 Å². The average molecular weight is 318 g/mol. The van der Waals surface area contributed by atoms with E-state index >= 15 is 0 Å². The highest BCUT2D eigenvalue weighted by Gasteiger charge is 2.10. The lowest BCUT2D eigenvalue weighted by Crippen LogP contribution is -2.20. The fourth-order valence-corrected chi connectivity index (χ4v) is 3.47. The van der Waals surface area contributed by atoms with Crippen molar-refractivity contribution in [2.45, 2.75) is 46.6 Å². The molecule has 0 fully saturated rings. The average Bonchev–Trinajstić information content (AvgIpc) is 2.86. The molecule has 22 heavy (non-hydrogen) atoms. The van der Waals surface area contributed by atoms with E-state index in [1.54, 1.807) is 18.4 Å². The summed E-state index contributed by atoms with van der Waals surface area (Å²) in [5.74, 6) is 1.60. The molecule has 0 bridgehead atoms. The zero-order valence-corrected chi connectivity index (χ0v) is 15.0. The van der Waals surface area contributed by atoms with Gasteiger partial charge in [-0.3, -0.25) is 0 Å². The van der Waals surface area contributed by atoms with Gasteiger partial charge in [0.2, 0.25) is 0 Å². The molecule has 0 spiro atoms. The smallest absolute Gasteiger partial charge is 0.190 e. The SMILES string of the molecule is COc1ccc(N=c2scc(C)n2C(C)CCC(C)C)cc1. The molecule has 2 rings (SSSR count). The van der Waals surface area contributed by atoms with Crippen LogP contribution in [0.15, 0.2) is 34.6 Å². The van der Waals surface area contributed by atoms with Crippen molar-refractivity contribution in [2.24, 2.45) is 10.9 Å². The molecule has 1 aromatic heterocycles. The maximum atomic E-state index is 5.20. The molecule has 0 aliphatic carbocycles. The lowest BCUT2D eigenvalue weighted by atomic mass is 10.0. The van der Waals surface area contributed by atoms with Gasteiger partial charge in [0.25, 0.3) is 0 Å². The van der Waals surface area contributed by atoms with Gasteiger partial charge in [0.05, 0.1) is 12.8 Å². The van der Waals surface area contributed by atoms with Gasteiger partial charge in [0, 0.05) is 17.1 Å². The molecule has 4 heteroatoms. The van der Waals surface area contributed by atoms with Gasteiger partial charge in [-0.25, -0.2) is 4.99 Å². The Bertz CT molecular complexity index is 652. The summed E-state index contributed by atoms with van der Waals surface area (Å²) >= 11 is 1.71. The zero-order valence-electron chi connectivity index (χ0n) is 14.2. The van der Waals surface area contributed by atoms with Gasteiger partial charge in [-0.1, -0.05) is 13.8 Å². The molecule has 120 valence electrons. The molecule has 1 aromatic carbocycles. The Morgan fingerprint density at radius 1 is 1.14 bits per heavy atom. The number of rotatable bonds is 6. The molecule has 0 saturated carbocycles. The molecule has 3 nitrogen and oxygen atoms in total. The summed E-state index contributed by atoms with van der Waals surface area (Å²) in [7, 11) is 1.68. The summed E-state index contributed by atoms with van der Waals surface area (Å²) in [6.07, 6.45) is 2.43. The second-order valence-corrected chi connectivity index (χ2v) is 7.00. The number of methoxy groups -OCH3 is 1. The van der Waals surface area contributed by atoms with Crippen molar-refractivity contribution in [1.29, 1.82) is 0 Å². The topological polar surface area (TPSA) is 26.5 Å². The van der Waals surface area contributed by atoms with Crippen molar-refractivity contribution in [3.63, 3.8) is 0 Å². The van der Waals surface area contributed by atoms with E-state index in [2.05, 4.69) is 37.6 Å². The van der Waals surface area contributed by atoms with Crippen LogP contribution < -0.4 is 9.54 Å². The number of aryl methyl sites for hydroxylation is 1. The van der Waals surface area contributed by atoms with Crippen molar-refractivity contribution in [3.8, 4) is 5.75 Å². The van der Waals surface area contributed by atoms with Gasteiger partial charge in [0.1, 0.15) is 5.75 Å². The highest BCUT2D eigenvalue weighted by atomic mass is 32.1. The number of thiazole rings is 1. The highest BCUT2D eigenvalue weighted by molar-refractivity contribution is 7.07. The van der Waals surface area contributed by atoms with E-state index in [0.717, 1.165) is 22.2 Å². The predicted molar refractivity (Wildman–Crippen MR) is 94.0 cm³/mol. The van der Waals surface area contributed by atoms with E-state index in [-0.39, 0.29) is 0 Å². The minimum absolute atomic E-state index is 0.477. The molecule has 0 aliphatic heterocycles. The number of nitrogens with zero attached hydrogens (tertiary/aromatic N) is 2. The van der Waals surface area contributed by atoms with E-state index in [4.69, 9.17) is 9.73 Å². The van der Waals surface area contributed by atoms with E-state index in [1.165, 1.54) is 18.5 Å². The van der Waals surface area contributed by atoms with E-state index in [9.17, 15) is 0 Å². The van der Waals surface area contributed by atoms with Crippen LogP contribution in [0.1, 0.15) is 45.3 Å². The minimum Gasteiger partial charge on any atom is -0.497 e. The summed E-state index contributed by atoms with van der Waals surface area (Å²) < 4.78 is 7.55. The quantitative estimate of drug-likeness (QED) is 0.728. The standard InChI is InChI=1S/C18H26N2OS/c1-13(2)6-7-14(3)20-15(4)12-22-18(20)19-16-8-10-17(21-5)11-9-16/h8-14H,6-7H2,1-5H3. The van der Waals surface area contributed by atoms with Crippen LogP contribution in [-0.4, -0.2) is 11.7 Å². The number of benzene rings is 1. The highest BCUT2D eigenvalue weighted by Crippen LogP contribution is 2.20. The van der Waals surface area contributed by atoms with Crippen LogP contribution in [0.5, 0.6) is 5.75 Å².